The van der Waals surface area contributed by atoms with Crippen LogP contribution in [0.3, 0.4) is 0 Å². The monoisotopic (exact) mass is 217 g/mol. The molecule has 0 saturated heterocycles. The SMILES string of the molecule is Cn1ncnc1C(C(=O)O)c1ccccc1. The molecule has 82 valence electrons. The summed E-state index contributed by atoms with van der Waals surface area (Å²) < 4.78 is 1.48. The van der Waals surface area contributed by atoms with Gasteiger partial charge in [0.15, 0.2) is 0 Å². The van der Waals surface area contributed by atoms with Crippen LogP contribution in [-0.2, 0) is 11.8 Å². The van der Waals surface area contributed by atoms with Gasteiger partial charge in [-0.15, -0.1) is 0 Å². The molecule has 1 aromatic carbocycles. The predicted molar refractivity (Wildman–Crippen MR) is 56.9 cm³/mol. The van der Waals surface area contributed by atoms with Crippen LogP contribution in [0.2, 0.25) is 0 Å². The van der Waals surface area contributed by atoms with Crippen molar-refractivity contribution in [1.29, 1.82) is 0 Å². The number of carboxylic acid groups (broad SMARTS) is 1. The van der Waals surface area contributed by atoms with E-state index < -0.39 is 11.9 Å². The number of aryl methyl sites for hydroxylation is 1. The van der Waals surface area contributed by atoms with Crippen LogP contribution in [0.15, 0.2) is 36.7 Å². The van der Waals surface area contributed by atoms with Gasteiger partial charge in [0, 0.05) is 7.05 Å². The summed E-state index contributed by atoms with van der Waals surface area (Å²) >= 11 is 0. The maximum atomic E-state index is 11.3. The highest BCUT2D eigenvalue weighted by Crippen LogP contribution is 2.22. The van der Waals surface area contributed by atoms with E-state index in [1.54, 1.807) is 19.2 Å². The molecule has 2 rings (SSSR count). The number of aliphatic carboxylic acids is 1. The number of rotatable bonds is 3. The number of carbonyl (C=O) groups is 1. The molecule has 1 aromatic heterocycles. The summed E-state index contributed by atoms with van der Waals surface area (Å²) in [5, 5.41) is 13.1. The lowest BCUT2D eigenvalue weighted by Gasteiger charge is -2.11. The summed E-state index contributed by atoms with van der Waals surface area (Å²) in [7, 11) is 1.68. The Kier molecular flexibility index (Phi) is 2.68. The van der Waals surface area contributed by atoms with Crippen molar-refractivity contribution in [2.75, 3.05) is 0 Å². The molecule has 2 aromatic rings. The lowest BCUT2D eigenvalue weighted by atomic mass is 9.98. The molecule has 1 atom stereocenters. The fourth-order valence-electron chi connectivity index (χ4n) is 1.61. The van der Waals surface area contributed by atoms with Crippen molar-refractivity contribution in [3.8, 4) is 0 Å². The second-order valence-corrected chi connectivity index (χ2v) is 3.42. The van der Waals surface area contributed by atoms with E-state index >= 15 is 0 Å². The minimum Gasteiger partial charge on any atom is -0.480 e. The largest absolute Gasteiger partial charge is 0.480 e. The smallest absolute Gasteiger partial charge is 0.318 e. The minimum atomic E-state index is -0.928. The first-order valence-corrected chi connectivity index (χ1v) is 4.82. The van der Waals surface area contributed by atoms with Crippen molar-refractivity contribution in [3.63, 3.8) is 0 Å². The Morgan fingerprint density at radius 3 is 2.56 bits per heavy atom. The van der Waals surface area contributed by atoms with Gasteiger partial charge in [0.1, 0.15) is 18.1 Å². The zero-order valence-electron chi connectivity index (χ0n) is 8.74. The minimum absolute atomic E-state index is 0.429. The predicted octanol–water partition coefficient (Wildman–Crippen LogP) is 1.03. The summed E-state index contributed by atoms with van der Waals surface area (Å²) in [5.41, 5.74) is 0.700. The first-order chi connectivity index (χ1) is 7.70. The van der Waals surface area contributed by atoms with Gasteiger partial charge in [-0.05, 0) is 5.56 Å². The average molecular weight is 217 g/mol. The normalized spacial score (nSPS) is 12.3. The molecule has 0 amide bonds. The second kappa shape index (κ2) is 4.14. The second-order valence-electron chi connectivity index (χ2n) is 3.42. The van der Waals surface area contributed by atoms with Gasteiger partial charge in [-0.25, -0.2) is 4.98 Å². The van der Waals surface area contributed by atoms with Crippen LogP contribution in [-0.4, -0.2) is 25.8 Å². The van der Waals surface area contributed by atoms with Crippen LogP contribution >= 0.6 is 0 Å². The fraction of sp³-hybridized carbons (Fsp3) is 0.182. The highest BCUT2D eigenvalue weighted by Gasteiger charge is 2.25. The third-order valence-electron chi connectivity index (χ3n) is 2.38. The maximum absolute atomic E-state index is 11.3. The highest BCUT2D eigenvalue weighted by molar-refractivity contribution is 5.79. The van der Waals surface area contributed by atoms with Crippen LogP contribution < -0.4 is 0 Å². The summed E-state index contributed by atoms with van der Waals surface area (Å²) in [6.45, 7) is 0. The van der Waals surface area contributed by atoms with Crippen molar-refractivity contribution in [2.24, 2.45) is 7.05 Å². The van der Waals surface area contributed by atoms with Crippen molar-refractivity contribution in [1.82, 2.24) is 14.8 Å². The zero-order chi connectivity index (χ0) is 11.5. The number of carboxylic acids is 1. The van der Waals surface area contributed by atoms with E-state index in [1.807, 2.05) is 18.2 Å². The highest BCUT2D eigenvalue weighted by atomic mass is 16.4. The molecular formula is C11H11N3O2. The molecule has 0 aliphatic rings. The fourth-order valence-corrected chi connectivity index (χ4v) is 1.61. The number of hydrogen-bond donors (Lipinski definition) is 1. The Labute approximate surface area is 92.4 Å². The van der Waals surface area contributed by atoms with Gasteiger partial charge in [0.25, 0.3) is 0 Å². The molecule has 0 radical (unpaired) electrons. The van der Waals surface area contributed by atoms with E-state index in [2.05, 4.69) is 10.1 Å². The summed E-state index contributed by atoms with van der Waals surface area (Å²) in [5.74, 6) is -1.27. The van der Waals surface area contributed by atoms with Crippen LogP contribution in [0, 0.1) is 0 Å². The van der Waals surface area contributed by atoms with Crippen molar-refractivity contribution < 1.29 is 9.90 Å². The quantitative estimate of drug-likeness (QED) is 0.833. The lowest BCUT2D eigenvalue weighted by Crippen LogP contribution is -2.17. The molecule has 0 spiro atoms. The zero-order valence-corrected chi connectivity index (χ0v) is 8.74. The van der Waals surface area contributed by atoms with Gasteiger partial charge >= 0.3 is 5.97 Å². The molecule has 0 saturated carbocycles. The summed E-state index contributed by atoms with van der Waals surface area (Å²) in [6, 6.07) is 9.00. The molecule has 0 bridgehead atoms. The van der Waals surface area contributed by atoms with Gasteiger partial charge in [-0.3, -0.25) is 9.48 Å². The average Bonchev–Trinajstić information content (AvgIpc) is 2.66. The van der Waals surface area contributed by atoms with Crippen LogP contribution in [0.4, 0.5) is 0 Å². The van der Waals surface area contributed by atoms with Gasteiger partial charge < -0.3 is 5.11 Å². The molecule has 0 fully saturated rings. The molecule has 1 heterocycles. The number of hydrogen-bond acceptors (Lipinski definition) is 3. The van der Waals surface area contributed by atoms with E-state index in [1.165, 1.54) is 11.0 Å². The standard InChI is InChI=1S/C11H11N3O2/c1-14-10(12-7-13-14)9(11(15)16)8-5-3-2-4-6-8/h2-7,9H,1H3,(H,15,16). The third-order valence-corrected chi connectivity index (χ3v) is 2.38. The Balaban J connectivity index is 2.48. The van der Waals surface area contributed by atoms with Gasteiger partial charge in [-0.1, -0.05) is 30.3 Å². The summed E-state index contributed by atoms with van der Waals surface area (Å²) in [4.78, 5) is 15.3. The molecule has 5 nitrogen and oxygen atoms in total. The Bertz CT molecular complexity index is 493. The van der Waals surface area contributed by atoms with Crippen molar-refractivity contribution in [3.05, 3.63) is 48.0 Å². The molecular weight excluding hydrogens is 206 g/mol. The van der Waals surface area contributed by atoms with Crippen molar-refractivity contribution in [2.45, 2.75) is 5.92 Å². The van der Waals surface area contributed by atoms with E-state index in [0.717, 1.165) is 0 Å². The van der Waals surface area contributed by atoms with E-state index in [4.69, 9.17) is 0 Å². The van der Waals surface area contributed by atoms with Crippen LogP contribution in [0.5, 0.6) is 0 Å². The first-order valence-electron chi connectivity index (χ1n) is 4.82. The Morgan fingerprint density at radius 1 is 1.38 bits per heavy atom. The van der Waals surface area contributed by atoms with Gasteiger partial charge in [-0.2, -0.15) is 5.10 Å². The number of aromatic nitrogens is 3. The number of benzene rings is 1. The van der Waals surface area contributed by atoms with E-state index in [0.29, 0.717) is 11.4 Å². The lowest BCUT2D eigenvalue weighted by molar-refractivity contribution is -0.137. The molecule has 1 N–H and O–H groups in total. The van der Waals surface area contributed by atoms with Crippen LogP contribution in [0.1, 0.15) is 17.3 Å². The number of nitrogens with zero attached hydrogens (tertiary/aromatic N) is 3. The first kappa shape index (κ1) is 10.4. The summed E-state index contributed by atoms with van der Waals surface area (Å²) in [6.07, 6.45) is 1.36. The van der Waals surface area contributed by atoms with Crippen molar-refractivity contribution >= 4 is 5.97 Å². The van der Waals surface area contributed by atoms with Gasteiger partial charge in [0.05, 0.1) is 0 Å². The van der Waals surface area contributed by atoms with E-state index in [9.17, 15) is 9.90 Å². The Hall–Kier alpha value is -2.17. The molecule has 0 aliphatic heterocycles. The Morgan fingerprint density at radius 2 is 2.06 bits per heavy atom. The molecule has 5 heteroatoms. The third kappa shape index (κ3) is 1.79. The van der Waals surface area contributed by atoms with Gasteiger partial charge in [0.2, 0.25) is 0 Å². The molecule has 16 heavy (non-hydrogen) atoms. The maximum Gasteiger partial charge on any atom is 0.318 e. The van der Waals surface area contributed by atoms with Crippen LogP contribution in [0.25, 0.3) is 0 Å². The molecule has 1 unspecified atom stereocenters. The topological polar surface area (TPSA) is 68.0 Å². The van der Waals surface area contributed by atoms with E-state index in [-0.39, 0.29) is 0 Å². The molecule has 0 aliphatic carbocycles.